The summed E-state index contributed by atoms with van der Waals surface area (Å²) >= 11 is 1.92. The van der Waals surface area contributed by atoms with Crippen molar-refractivity contribution < 1.29 is 14.4 Å². The number of amides is 1. The Morgan fingerprint density at radius 2 is 1.90 bits per heavy atom. The van der Waals surface area contributed by atoms with Crippen molar-refractivity contribution in [2.45, 2.75) is 6.92 Å². The highest BCUT2D eigenvalue weighted by atomic mass is 127. The first-order valence-electron chi connectivity index (χ1n) is 6.07. The molecule has 4 nitrogen and oxygen atoms in total. The maximum atomic E-state index is 13.0. The van der Waals surface area contributed by atoms with Crippen LogP contribution >= 0.6 is 22.6 Å². The molecule has 0 aliphatic rings. The second-order valence-electron chi connectivity index (χ2n) is 4.34. The van der Waals surface area contributed by atoms with Crippen molar-refractivity contribution in [2.24, 2.45) is 5.16 Å². The number of carbonyl (C=O) groups is 1. The molecule has 2 aromatic rings. The zero-order valence-electron chi connectivity index (χ0n) is 11.1. The van der Waals surface area contributed by atoms with Crippen molar-refractivity contribution in [3.63, 3.8) is 0 Å². The average Bonchev–Trinajstić information content (AvgIpc) is 2.47. The normalized spacial score (nSPS) is 11.3. The fourth-order valence-corrected chi connectivity index (χ4v) is 2.45. The highest BCUT2D eigenvalue weighted by Crippen LogP contribution is 2.17. The van der Waals surface area contributed by atoms with E-state index < -0.39 is 0 Å². The number of oxime groups is 1. The SMILES string of the molecule is C/C(=N/O)c1ccc(NC(=O)c2ccc(F)cc2I)cc1. The number of nitrogens with one attached hydrogen (secondary N) is 1. The first-order valence-corrected chi connectivity index (χ1v) is 7.14. The Morgan fingerprint density at radius 3 is 2.48 bits per heavy atom. The van der Waals surface area contributed by atoms with Gasteiger partial charge in [-0.25, -0.2) is 4.39 Å². The largest absolute Gasteiger partial charge is 0.411 e. The fraction of sp³-hybridized carbons (Fsp3) is 0.0667. The smallest absolute Gasteiger partial charge is 0.256 e. The van der Waals surface area contributed by atoms with Crippen molar-refractivity contribution in [1.29, 1.82) is 0 Å². The van der Waals surface area contributed by atoms with E-state index in [1.165, 1.54) is 18.2 Å². The van der Waals surface area contributed by atoms with Gasteiger partial charge in [0.05, 0.1) is 11.3 Å². The molecule has 108 valence electrons. The summed E-state index contributed by atoms with van der Waals surface area (Å²) in [6, 6.07) is 10.9. The summed E-state index contributed by atoms with van der Waals surface area (Å²) in [4.78, 5) is 12.1. The molecule has 0 saturated heterocycles. The topological polar surface area (TPSA) is 61.7 Å². The van der Waals surface area contributed by atoms with E-state index in [9.17, 15) is 9.18 Å². The van der Waals surface area contributed by atoms with Crippen LogP contribution in [0.2, 0.25) is 0 Å². The molecule has 0 fully saturated rings. The number of hydrogen-bond acceptors (Lipinski definition) is 3. The molecule has 0 atom stereocenters. The minimum atomic E-state index is -0.376. The Morgan fingerprint density at radius 1 is 1.24 bits per heavy atom. The van der Waals surface area contributed by atoms with Gasteiger partial charge in [-0.2, -0.15) is 0 Å². The van der Waals surface area contributed by atoms with Crippen LogP contribution in [0.5, 0.6) is 0 Å². The molecule has 0 heterocycles. The first kappa shape index (κ1) is 15.4. The van der Waals surface area contributed by atoms with Crippen molar-refractivity contribution in [3.8, 4) is 0 Å². The third-order valence-corrected chi connectivity index (χ3v) is 3.78. The number of benzene rings is 2. The lowest BCUT2D eigenvalue weighted by atomic mass is 10.1. The standard InChI is InChI=1S/C15H12FIN2O2/c1-9(19-21)10-2-5-12(6-3-10)18-15(20)13-7-4-11(16)8-14(13)17/h2-8,21H,1H3,(H,18,20)/b19-9-. The Hall–Kier alpha value is -1.96. The zero-order valence-corrected chi connectivity index (χ0v) is 13.3. The van der Waals surface area contributed by atoms with E-state index in [2.05, 4.69) is 10.5 Å². The molecule has 0 spiro atoms. The lowest BCUT2D eigenvalue weighted by Crippen LogP contribution is -2.13. The zero-order chi connectivity index (χ0) is 15.4. The summed E-state index contributed by atoms with van der Waals surface area (Å²) < 4.78 is 13.6. The average molecular weight is 398 g/mol. The molecule has 21 heavy (non-hydrogen) atoms. The lowest BCUT2D eigenvalue weighted by Gasteiger charge is -2.08. The third kappa shape index (κ3) is 3.78. The van der Waals surface area contributed by atoms with E-state index in [-0.39, 0.29) is 11.7 Å². The van der Waals surface area contributed by atoms with Gasteiger partial charge in [0.25, 0.3) is 5.91 Å². The predicted molar refractivity (Wildman–Crippen MR) is 87.5 cm³/mol. The van der Waals surface area contributed by atoms with Crippen LogP contribution in [0.1, 0.15) is 22.8 Å². The molecule has 0 bridgehead atoms. The number of nitrogens with zero attached hydrogens (tertiary/aromatic N) is 1. The van der Waals surface area contributed by atoms with Gasteiger partial charge in [0.1, 0.15) is 5.82 Å². The summed E-state index contributed by atoms with van der Waals surface area (Å²) in [6.07, 6.45) is 0. The van der Waals surface area contributed by atoms with Crippen molar-refractivity contribution in [1.82, 2.24) is 0 Å². The second kappa shape index (κ2) is 6.66. The Labute approximate surface area is 134 Å². The Balaban J connectivity index is 2.16. The van der Waals surface area contributed by atoms with E-state index in [1.807, 2.05) is 22.6 Å². The number of rotatable bonds is 3. The second-order valence-corrected chi connectivity index (χ2v) is 5.50. The quantitative estimate of drug-likeness (QED) is 0.357. The van der Waals surface area contributed by atoms with E-state index in [0.29, 0.717) is 20.5 Å². The minimum absolute atomic E-state index is 0.306. The van der Waals surface area contributed by atoms with Gasteiger partial charge in [0.2, 0.25) is 0 Å². The number of halogens is 2. The molecular weight excluding hydrogens is 386 g/mol. The van der Waals surface area contributed by atoms with Crippen LogP contribution in [0.15, 0.2) is 47.6 Å². The molecule has 0 aliphatic carbocycles. The van der Waals surface area contributed by atoms with Crippen molar-refractivity contribution >= 4 is 39.9 Å². The maximum Gasteiger partial charge on any atom is 0.256 e. The molecule has 2 rings (SSSR count). The van der Waals surface area contributed by atoms with Crippen LogP contribution in [0.3, 0.4) is 0 Å². The summed E-state index contributed by atoms with van der Waals surface area (Å²) in [7, 11) is 0. The van der Waals surface area contributed by atoms with Gasteiger partial charge in [0, 0.05) is 9.26 Å². The van der Waals surface area contributed by atoms with Crippen LogP contribution in [-0.2, 0) is 0 Å². The summed E-state index contributed by atoms with van der Waals surface area (Å²) in [5.41, 5.74) is 2.26. The van der Waals surface area contributed by atoms with Gasteiger partial charge in [-0.3, -0.25) is 4.79 Å². The number of anilines is 1. The molecule has 2 N–H and O–H groups in total. The molecule has 0 unspecified atom stereocenters. The molecule has 0 saturated carbocycles. The molecule has 0 aliphatic heterocycles. The van der Waals surface area contributed by atoms with E-state index in [1.54, 1.807) is 31.2 Å². The summed E-state index contributed by atoms with van der Waals surface area (Å²) in [6.45, 7) is 1.68. The van der Waals surface area contributed by atoms with E-state index in [0.717, 1.165) is 5.56 Å². The van der Waals surface area contributed by atoms with Crippen LogP contribution in [0.25, 0.3) is 0 Å². The van der Waals surface area contributed by atoms with Gasteiger partial charge < -0.3 is 10.5 Å². The molecule has 0 radical (unpaired) electrons. The molecule has 1 amide bonds. The third-order valence-electron chi connectivity index (χ3n) is 2.89. The number of hydrogen-bond donors (Lipinski definition) is 2. The highest BCUT2D eigenvalue weighted by molar-refractivity contribution is 14.1. The van der Waals surface area contributed by atoms with E-state index >= 15 is 0 Å². The predicted octanol–water partition coefficient (Wildman–Crippen LogP) is 3.88. The maximum absolute atomic E-state index is 13.0. The Kier molecular flexibility index (Phi) is 4.89. The highest BCUT2D eigenvalue weighted by Gasteiger charge is 2.11. The van der Waals surface area contributed by atoms with Crippen molar-refractivity contribution in [3.05, 3.63) is 63.0 Å². The van der Waals surface area contributed by atoms with Gasteiger partial charge in [-0.1, -0.05) is 17.3 Å². The van der Waals surface area contributed by atoms with Gasteiger partial charge in [-0.05, 0) is 65.4 Å². The first-order chi connectivity index (χ1) is 10.0. The van der Waals surface area contributed by atoms with Crippen LogP contribution in [0.4, 0.5) is 10.1 Å². The lowest BCUT2D eigenvalue weighted by molar-refractivity contribution is 0.102. The molecule has 0 aromatic heterocycles. The van der Waals surface area contributed by atoms with E-state index in [4.69, 9.17) is 5.21 Å². The van der Waals surface area contributed by atoms with Crippen molar-refractivity contribution in [2.75, 3.05) is 5.32 Å². The van der Waals surface area contributed by atoms with Crippen LogP contribution in [0, 0.1) is 9.39 Å². The van der Waals surface area contributed by atoms with Gasteiger partial charge in [0.15, 0.2) is 0 Å². The van der Waals surface area contributed by atoms with Gasteiger partial charge in [-0.15, -0.1) is 0 Å². The monoisotopic (exact) mass is 398 g/mol. The molecule has 2 aromatic carbocycles. The fourth-order valence-electron chi connectivity index (χ4n) is 1.72. The molecular formula is C15H12FIN2O2. The minimum Gasteiger partial charge on any atom is -0.411 e. The van der Waals surface area contributed by atoms with Gasteiger partial charge >= 0.3 is 0 Å². The Bertz CT molecular complexity index is 699. The van der Waals surface area contributed by atoms with Crippen LogP contribution in [-0.4, -0.2) is 16.8 Å². The summed E-state index contributed by atoms with van der Waals surface area (Å²) in [5, 5.41) is 14.5. The van der Waals surface area contributed by atoms with Crippen LogP contribution < -0.4 is 5.32 Å². The number of carbonyl (C=O) groups excluding carboxylic acids is 1. The molecule has 6 heteroatoms. The summed E-state index contributed by atoms with van der Waals surface area (Å²) in [5.74, 6) is -0.682.